The van der Waals surface area contributed by atoms with Crippen LogP contribution in [0.15, 0.2) is 0 Å². The Hall–Kier alpha value is -0.610. The molecule has 0 aromatic heterocycles. The summed E-state index contributed by atoms with van der Waals surface area (Å²) >= 11 is 0. The molecule has 1 N–H and O–H groups in total. The van der Waals surface area contributed by atoms with Gasteiger partial charge in [-0.25, -0.2) is 0 Å². The molecule has 4 nitrogen and oxygen atoms in total. The van der Waals surface area contributed by atoms with Crippen LogP contribution in [0.1, 0.15) is 51.9 Å². The number of rotatable bonds is 7. The van der Waals surface area contributed by atoms with E-state index in [9.17, 15) is 4.79 Å². The van der Waals surface area contributed by atoms with Crippen LogP contribution < -0.4 is 5.32 Å². The van der Waals surface area contributed by atoms with Crippen molar-refractivity contribution in [1.82, 2.24) is 10.2 Å². The van der Waals surface area contributed by atoms with Crippen LogP contribution in [0, 0.1) is 5.92 Å². The first kappa shape index (κ1) is 15.8. The Labute approximate surface area is 123 Å². The van der Waals surface area contributed by atoms with Gasteiger partial charge < -0.3 is 15.0 Å². The molecule has 1 aliphatic carbocycles. The number of nitrogens with one attached hydrogen (secondary N) is 1. The number of esters is 1. The van der Waals surface area contributed by atoms with E-state index in [0.29, 0.717) is 0 Å². The number of hydrogen-bond acceptors (Lipinski definition) is 4. The average Bonchev–Trinajstić information content (AvgIpc) is 2.90. The molecule has 0 amide bonds. The minimum absolute atomic E-state index is 0.113. The van der Waals surface area contributed by atoms with Crippen LogP contribution in [0.2, 0.25) is 0 Å². The molecule has 3 atom stereocenters. The molecule has 2 aliphatic rings. The van der Waals surface area contributed by atoms with Gasteiger partial charge in [-0.1, -0.05) is 19.8 Å². The first-order valence-electron chi connectivity index (χ1n) is 8.31. The lowest BCUT2D eigenvalue weighted by Crippen LogP contribution is -2.42. The minimum atomic E-state index is -0.136. The van der Waals surface area contributed by atoms with Crippen molar-refractivity contribution in [2.75, 3.05) is 26.7 Å². The Balaban J connectivity index is 1.80. The number of carbonyl (C=O) groups is 1. The van der Waals surface area contributed by atoms with E-state index in [2.05, 4.69) is 17.1 Å². The van der Waals surface area contributed by atoms with Crippen molar-refractivity contribution in [3.8, 4) is 0 Å². The number of methoxy groups -OCH3 is 1. The summed E-state index contributed by atoms with van der Waals surface area (Å²) in [7, 11) is 1.48. The second-order valence-electron chi connectivity index (χ2n) is 6.26. The number of fused-ring (bicyclic) bond motifs is 1. The molecule has 1 aliphatic heterocycles. The smallest absolute Gasteiger partial charge is 0.322 e. The Morgan fingerprint density at radius 2 is 2.15 bits per heavy atom. The normalized spacial score (nSPS) is 28.1. The van der Waals surface area contributed by atoms with Gasteiger partial charge in [0.15, 0.2) is 0 Å². The second kappa shape index (κ2) is 7.99. The fourth-order valence-corrected chi connectivity index (χ4v) is 3.84. The zero-order valence-corrected chi connectivity index (χ0v) is 13.1. The largest absolute Gasteiger partial charge is 0.468 e. The van der Waals surface area contributed by atoms with Gasteiger partial charge >= 0.3 is 5.97 Å². The van der Waals surface area contributed by atoms with Crippen LogP contribution in [0.25, 0.3) is 0 Å². The summed E-state index contributed by atoms with van der Waals surface area (Å²) in [5.74, 6) is 0.807. The maximum Gasteiger partial charge on any atom is 0.322 e. The lowest BCUT2D eigenvalue weighted by Gasteiger charge is -2.32. The Kier molecular flexibility index (Phi) is 6.30. The van der Waals surface area contributed by atoms with Crippen LogP contribution in [0.5, 0.6) is 0 Å². The molecule has 1 saturated carbocycles. The molecule has 0 aromatic rings. The van der Waals surface area contributed by atoms with Crippen LogP contribution in [0.3, 0.4) is 0 Å². The topological polar surface area (TPSA) is 41.6 Å². The summed E-state index contributed by atoms with van der Waals surface area (Å²) in [4.78, 5) is 14.4. The Morgan fingerprint density at radius 3 is 2.90 bits per heavy atom. The summed E-state index contributed by atoms with van der Waals surface area (Å²) in [5.41, 5.74) is 0. The molecule has 2 rings (SSSR count). The maximum atomic E-state index is 11.8. The van der Waals surface area contributed by atoms with Crippen molar-refractivity contribution in [2.24, 2.45) is 5.92 Å². The summed E-state index contributed by atoms with van der Waals surface area (Å²) in [6.07, 6.45) is 8.84. The molecule has 4 heteroatoms. The molecular weight excluding hydrogens is 252 g/mol. The van der Waals surface area contributed by atoms with Gasteiger partial charge in [-0.15, -0.1) is 0 Å². The van der Waals surface area contributed by atoms with Crippen molar-refractivity contribution in [3.05, 3.63) is 0 Å². The predicted molar refractivity (Wildman–Crippen MR) is 80.7 cm³/mol. The second-order valence-corrected chi connectivity index (χ2v) is 6.26. The molecule has 20 heavy (non-hydrogen) atoms. The van der Waals surface area contributed by atoms with Crippen molar-refractivity contribution >= 4 is 5.97 Å². The van der Waals surface area contributed by atoms with Crippen molar-refractivity contribution in [1.29, 1.82) is 0 Å². The Morgan fingerprint density at radius 1 is 1.35 bits per heavy atom. The molecule has 3 unspecified atom stereocenters. The van der Waals surface area contributed by atoms with Crippen LogP contribution in [0.4, 0.5) is 0 Å². The molecule has 2 fully saturated rings. The number of likely N-dealkylation sites (tertiary alicyclic amines) is 1. The molecular formula is C16H30N2O2. The number of carbonyl (C=O) groups excluding carboxylic acids is 1. The van der Waals surface area contributed by atoms with Crippen molar-refractivity contribution in [3.63, 3.8) is 0 Å². The predicted octanol–water partition coefficient (Wildman–Crippen LogP) is 2.18. The highest BCUT2D eigenvalue weighted by atomic mass is 16.5. The van der Waals surface area contributed by atoms with Gasteiger partial charge in [-0.2, -0.15) is 0 Å². The van der Waals surface area contributed by atoms with Crippen LogP contribution in [-0.4, -0.2) is 49.7 Å². The number of ether oxygens (including phenoxy) is 1. The van der Waals surface area contributed by atoms with Crippen molar-refractivity contribution in [2.45, 2.75) is 64.0 Å². The van der Waals surface area contributed by atoms with Crippen LogP contribution in [-0.2, 0) is 9.53 Å². The van der Waals surface area contributed by atoms with Crippen molar-refractivity contribution < 1.29 is 9.53 Å². The summed E-state index contributed by atoms with van der Waals surface area (Å²) in [6, 6.07) is 0.649. The van der Waals surface area contributed by atoms with E-state index in [1.165, 1.54) is 45.8 Å². The lowest BCUT2D eigenvalue weighted by atomic mass is 9.85. The minimum Gasteiger partial charge on any atom is -0.468 e. The standard InChI is InChI=1S/C16H30N2O2/c1-3-10-17-14(16(19)20-2)9-12-18-11-8-13-6-4-5-7-15(13)18/h13-15,17H,3-12H2,1-2H3. The van der Waals surface area contributed by atoms with E-state index in [4.69, 9.17) is 4.74 Å². The maximum absolute atomic E-state index is 11.8. The first-order valence-corrected chi connectivity index (χ1v) is 8.31. The highest BCUT2D eigenvalue weighted by Crippen LogP contribution is 2.36. The average molecular weight is 282 g/mol. The molecule has 1 heterocycles. The monoisotopic (exact) mass is 282 g/mol. The van der Waals surface area contributed by atoms with Gasteiger partial charge in [0.25, 0.3) is 0 Å². The highest BCUT2D eigenvalue weighted by molar-refractivity contribution is 5.75. The number of hydrogen-bond donors (Lipinski definition) is 1. The number of nitrogens with zero attached hydrogens (tertiary/aromatic N) is 1. The third-order valence-electron chi connectivity index (χ3n) is 4.96. The van der Waals surface area contributed by atoms with E-state index >= 15 is 0 Å². The first-order chi connectivity index (χ1) is 9.76. The van der Waals surface area contributed by atoms with E-state index < -0.39 is 0 Å². The third-order valence-corrected chi connectivity index (χ3v) is 4.96. The van der Waals surface area contributed by atoms with E-state index in [0.717, 1.165) is 37.9 Å². The third kappa shape index (κ3) is 3.95. The fraction of sp³-hybridized carbons (Fsp3) is 0.938. The van der Waals surface area contributed by atoms with Gasteiger partial charge in [0.1, 0.15) is 6.04 Å². The summed E-state index contributed by atoms with van der Waals surface area (Å²) in [5, 5.41) is 3.31. The summed E-state index contributed by atoms with van der Waals surface area (Å²) < 4.78 is 4.91. The Bertz CT molecular complexity index is 309. The van der Waals surface area contributed by atoms with E-state index in [1.807, 2.05) is 0 Å². The lowest BCUT2D eigenvalue weighted by molar-refractivity contribution is -0.143. The van der Waals surface area contributed by atoms with Gasteiger partial charge in [0.05, 0.1) is 7.11 Å². The highest BCUT2D eigenvalue weighted by Gasteiger charge is 2.35. The van der Waals surface area contributed by atoms with Gasteiger partial charge in [-0.3, -0.25) is 4.79 Å². The zero-order chi connectivity index (χ0) is 14.4. The quantitative estimate of drug-likeness (QED) is 0.727. The molecule has 0 spiro atoms. The molecule has 0 radical (unpaired) electrons. The molecule has 1 saturated heterocycles. The van der Waals surface area contributed by atoms with E-state index in [1.54, 1.807) is 0 Å². The molecule has 0 aromatic carbocycles. The van der Waals surface area contributed by atoms with Crippen LogP contribution >= 0.6 is 0 Å². The summed E-state index contributed by atoms with van der Waals surface area (Å²) in [6.45, 7) is 5.24. The fourth-order valence-electron chi connectivity index (χ4n) is 3.84. The SMILES string of the molecule is CCCNC(CCN1CCC2CCCCC21)C(=O)OC. The molecule has 0 bridgehead atoms. The zero-order valence-electron chi connectivity index (χ0n) is 13.1. The van der Waals surface area contributed by atoms with E-state index in [-0.39, 0.29) is 12.0 Å². The van der Waals surface area contributed by atoms with Gasteiger partial charge in [-0.05, 0) is 51.1 Å². The molecule has 116 valence electrons. The van der Waals surface area contributed by atoms with Gasteiger partial charge in [0.2, 0.25) is 0 Å². The van der Waals surface area contributed by atoms with Gasteiger partial charge in [0, 0.05) is 12.6 Å².